The second-order valence-electron chi connectivity index (χ2n) is 3.37. The van der Waals surface area contributed by atoms with Crippen LogP contribution in [0.25, 0.3) is 0 Å². The monoisotopic (exact) mass is 180 g/mol. The molecule has 1 heterocycles. The molecule has 0 aromatic heterocycles. The molecule has 2 unspecified atom stereocenters. The van der Waals surface area contributed by atoms with Crippen molar-refractivity contribution in [1.82, 2.24) is 0 Å². The fourth-order valence-electron chi connectivity index (χ4n) is 1.28. The highest BCUT2D eigenvalue weighted by Crippen LogP contribution is 2.28. The summed E-state index contributed by atoms with van der Waals surface area (Å²) < 4.78 is 11.0. The van der Waals surface area contributed by atoms with Gasteiger partial charge < -0.3 is 9.47 Å². The average Bonchev–Trinajstić information content (AvgIpc) is 2.61. The predicted molar refractivity (Wildman–Crippen MR) is 52.0 cm³/mol. The third kappa shape index (κ3) is 1.93. The van der Waals surface area contributed by atoms with E-state index in [1.165, 1.54) is 6.08 Å². The highest BCUT2D eigenvalue weighted by atomic mass is 16.7. The Morgan fingerprint density at radius 3 is 2.92 bits per heavy atom. The molecule has 0 aromatic rings. The van der Waals surface area contributed by atoms with Crippen LogP contribution in [0.1, 0.15) is 20.3 Å². The van der Waals surface area contributed by atoms with E-state index >= 15 is 0 Å². The minimum Gasteiger partial charge on any atom is -0.334 e. The fraction of sp³-hybridized carbons (Fsp3) is 0.636. The summed E-state index contributed by atoms with van der Waals surface area (Å²) in [6, 6.07) is 0. The van der Waals surface area contributed by atoms with Gasteiger partial charge in [-0.1, -0.05) is 26.8 Å². The van der Waals surface area contributed by atoms with Crippen LogP contribution >= 0.6 is 0 Å². The summed E-state index contributed by atoms with van der Waals surface area (Å²) in [6.07, 6.45) is 8.01. The van der Waals surface area contributed by atoms with Gasteiger partial charge in [-0.3, -0.25) is 0 Å². The van der Waals surface area contributed by atoms with Gasteiger partial charge in [0.25, 0.3) is 5.79 Å². The molecule has 0 radical (unpaired) electrons. The molecule has 1 rings (SSSR count). The van der Waals surface area contributed by atoms with E-state index in [1.54, 1.807) is 0 Å². The molecule has 3 atom stereocenters. The van der Waals surface area contributed by atoms with E-state index in [1.807, 2.05) is 0 Å². The maximum Gasteiger partial charge on any atom is 0.254 e. The van der Waals surface area contributed by atoms with Crippen molar-refractivity contribution in [1.29, 1.82) is 0 Å². The molecule has 1 saturated heterocycles. The Bertz CT molecular complexity index is 229. The molecule has 0 aromatic carbocycles. The first-order chi connectivity index (χ1) is 6.17. The molecule has 1 aliphatic rings. The lowest BCUT2D eigenvalue weighted by Crippen LogP contribution is -2.27. The van der Waals surface area contributed by atoms with Crippen molar-refractivity contribution < 1.29 is 9.47 Å². The van der Waals surface area contributed by atoms with Gasteiger partial charge in [-0.05, 0) is 17.9 Å². The molecule has 1 aliphatic heterocycles. The zero-order valence-electron chi connectivity index (χ0n) is 8.25. The minimum atomic E-state index is -0.978. The summed E-state index contributed by atoms with van der Waals surface area (Å²) in [4.78, 5) is 0. The maximum atomic E-state index is 5.62. The number of ether oxygens (including phenoxy) is 2. The van der Waals surface area contributed by atoms with Crippen molar-refractivity contribution in [3.8, 4) is 12.3 Å². The molecule has 0 amide bonds. The fourth-order valence-corrected chi connectivity index (χ4v) is 1.28. The van der Waals surface area contributed by atoms with Crippen LogP contribution < -0.4 is 0 Å². The normalized spacial score (nSPS) is 35.3. The Hall–Kier alpha value is -0.780. The van der Waals surface area contributed by atoms with Crippen molar-refractivity contribution in [2.24, 2.45) is 5.92 Å². The molecular weight excluding hydrogens is 164 g/mol. The zero-order valence-corrected chi connectivity index (χ0v) is 8.25. The molecule has 1 fully saturated rings. The second kappa shape index (κ2) is 3.95. The summed E-state index contributed by atoms with van der Waals surface area (Å²) in [7, 11) is 0. The van der Waals surface area contributed by atoms with E-state index in [4.69, 9.17) is 15.9 Å². The van der Waals surface area contributed by atoms with Gasteiger partial charge in [0, 0.05) is 0 Å². The van der Waals surface area contributed by atoms with Crippen molar-refractivity contribution in [3.63, 3.8) is 0 Å². The Kier molecular flexibility index (Phi) is 3.13. The van der Waals surface area contributed by atoms with Crippen LogP contribution in [0.4, 0.5) is 0 Å². The van der Waals surface area contributed by atoms with E-state index in [2.05, 4.69) is 26.3 Å². The van der Waals surface area contributed by atoms with Gasteiger partial charge in [-0.25, -0.2) is 0 Å². The third-order valence-corrected chi connectivity index (χ3v) is 2.54. The lowest BCUT2D eigenvalue weighted by Gasteiger charge is -2.19. The van der Waals surface area contributed by atoms with Gasteiger partial charge in [0.2, 0.25) is 0 Å². The molecule has 0 N–H and O–H groups in total. The topological polar surface area (TPSA) is 18.5 Å². The van der Waals surface area contributed by atoms with E-state index in [0.717, 1.165) is 6.42 Å². The predicted octanol–water partition coefficient (Wildman–Crippen LogP) is 1.96. The summed E-state index contributed by atoms with van der Waals surface area (Å²) in [5.41, 5.74) is 0. The van der Waals surface area contributed by atoms with Gasteiger partial charge in [-0.15, -0.1) is 6.42 Å². The van der Waals surface area contributed by atoms with Gasteiger partial charge in [-0.2, -0.15) is 0 Å². The highest BCUT2D eigenvalue weighted by molar-refractivity contribution is 5.14. The van der Waals surface area contributed by atoms with Crippen LogP contribution in [-0.2, 0) is 9.47 Å². The minimum absolute atomic E-state index is 0.0963. The van der Waals surface area contributed by atoms with Crippen LogP contribution in [0.15, 0.2) is 12.7 Å². The first-order valence-corrected chi connectivity index (χ1v) is 4.60. The van der Waals surface area contributed by atoms with Gasteiger partial charge in [0.15, 0.2) is 0 Å². The number of terminal acetylenes is 1. The van der Waals surface area contributed by atoms with E-state index in [0.29, 0.717) is 12.5 Å². The first-order valence-electron chi connectivity index (χ1n) is 4.60. The Morgan fingerprint density at radius 1 is 1.85 bits per heavy atom. The molecule has 0 saturated carbocycles. The molecular formula is C11H16O2. The quantitative estimate of drug-likeness (QED) is 0.488. The van der Waals surface area contributed by atoms with Gasteiger partial charge in [0.05, 0.1) is 12.7 Å². The van der Waals surface area contributed by atoms with Crippen LogP contribution in [0.3, 0.4) is 0 Å². The van der Waals surface area contributed by atoms with Crippen molar-refractivity contribution >= 4 is 0 Å². The summed E-state index contributed by atoms with van der Waals surface area (Å²) >= 11 is 0. The van der Waals surface area contributed by atoms with Crippen LogP contribution in [0.2, 0.25) is 0 Å². The maximum absolute atomic E-state index is 5.62. The van der Waals surface area contributed by atoms with E-state index in [9.17, 15) is 0 Å². The lowest BCUT2D eigenvalue weighted by molar-refractivity contribution is -0.0878. The van der Waals surface area contributed by atoms with Gasteiger partial charge >= 0.3 is 0 Å². The van der Waals surface area contributed by atoms with Crippen molar-refractivity contribution in [2.75, 3.05) is 6.61 Å². The molecule has 0 bridgehead atoms. The van der Waals surface area contributed by atoms with E-state index < -0.39 is 5.79 Å². The molecule has 13 heavy (non-hydrogen) atoms. The van der Waals surface area contributed by atoms with Crippen LogP contribution in [0, 0.1) is 18.3 Å². The number of rotatable bonds is 3. The summed E-state index contributed by atoms with van der Waals surface area (Å²) in [5, 5.41) is 0. The second-order valence-corrected chi connectivity index (χ2v) is 3.37. The SMILES string of the molecule is C#CC1(C=C)OCC([C@@H](C)CC)O1. The Balaban J connectivity index is 2.63. The molecule has 2 nitrogen and oxygen atoms in total. The van der Waals surface area contributed by atoms with Crippen LogP contribution in [0.5, 0.6) is 0 Å². The van der Waals surface area contributed by atoms with Crippen LogP contribution in [-0.4, -0.2) is 18.5 Å². The third-order valence-electron chi connectivity index (χ3n) is 2.54. The lowest BCUT2D eigenvalue weighted by atomic mass is 10.0. The molecule has 72 valence electrons. The summed E-state index contributed by atoms with van der Waals surface area (Å²) in [6.45, 7) is 8.43. The molecule has 2 heteroatoms. The van der Waals surface area contributed by atoms with Crippen molar-refractivity contribution in [3.05, 3.63) is 12.7 Å². The highest BCUT2D eigenvalue weighted by Gasteiger charge is 2.39. The number of hydrogen-bond donors (Lipinski definition) is 0. The van der Waals surface area contributed by atoms with E-state index in [-0.39, 0.29) is 6.10 Å². The standard InChI is InChI=1S/C11H16O2/c1-5-9(4)10-8-12-11(6-2,7-3)13-10/h2,7,9-10H,3,5,8H2,1,4H3/t9-,10?,11?/m0/s1. The summed E-state index contributed by atoms with van der Waals surface area (Å²) in [5.74, 6) is 1.96. The molecule has 0 aliphatic carbocycles. The Labute approximate surface area is 79.9 Å². The molecule has 0 spiro atoms. The van der Waals surface area contributed by atoms with Gasteiger partial charge in [0.1, 0.15) is 0 Å². The zero-order chi connectivity index (χ0) is 9.90. The largest absolute Gasteiger partial charge is 0.334 e. The van der Waals surface area contributed by atoms with Crippen molar-refractivity contribution in [2.45, 2.75) is 32.2 Å². The smallest absolute Gasteiger partial charge is 0.254 e. The average molecular weight is 180 g/mol. The Morgan fingerprint density at radius 2 is 2.54 bits per heavy atom. The first kappa shape index (κ1) is 10.3. The number of hydrogen-bond acceptors (Lipinski definition) is 2.